The van der Waals surface area contributed by atoms with Crippen LogP contribution in [0.15, 0.2) is 30.3 Å². The standard InChI is InChI=1S/C25H33N5O8/c31-19(9-5-2-6-12-30-22(34)10-11-23(30)35)26-14-20(32)27-15-21(33)29-18(25(38)28-16-24(36)37)13-17-7-3-1-4-8-17/h1,3-4,7-8,18H,2,5-6,9-16H2,(H,26,31)(H,27,32)(H,28,38)(H,29,33)(H,36,37)/t18-/m0/s1. The predicted molar refractivity (Wildman–Crippen MR) is 133 cm³/mol. The van der Waals surface area contributed by atoms with E-state index in [1.165, 1.54) is 4.90 Å². The van der Waals surface area contributed by atoms with Crippen LogP contribution < -0.4 is 21.3 Å². The summed E-state index contributed by atoms with van der Waals surface area (Å²) in [6, 6.07) is 7.76. The lowest BCUT2D eigenvalue weighted by Gasteiger charge is -2.18. The number of imide groups is 1. The summed E-state index contributed by atoms with van der Waals surface area (Å²) in [5.41, 5.74) is 0.744. The van der Waals surface area contributed by atoms with Crippen molar-refractivity contribution in [1.82, 2.24) is 26.2 Å². The third-order valence-electron chi connectivity index (χ3n) is 5.68. The van der Waals surface area contributed by atoms with Crippen molar-refractivity contribution in [2.45, 2.75) is 51.0 Å². The van der Waals surface area contributed by atoms with Gasteiger partial charge in [0.15, 0.2) is 0 Å². The molecular weight excluding hydrogens is 498 g/mol. The van der Waals surface area contributed by atoms with E-state index in [0.29, 0.717) is 25.8 Å². The summed E-state index contributed by atoms with van der Waals surface area (Å²) < 4.78 is 0. The predicted octanol–water partition coefficient (Wildman–Crippen LogP) is -1.14. The van der Waals surface area contributed by atoms with Crippen molar-refractivity contribution in [2.24, 2.45) is 0 Å². The number of likely N-dealkylation sites (tertiary alicyclic amines) is 1. The second-order valence-electron chi connectivity index (χ2n) is 8.72. The Kier molecular flexibility index (Phi) is 12.4. The Morgan fingerprint density at radius 1 is 0.789 bits per heavy atom. The molecule has 38 heavy (non-hydrogen) atoms. The van der Waals surface area contributed by atoms with E-state index in [9.17, 15) is 33.6 Å². The summed E-state index contributed by atoms with van der Waals surface area (Å²) in [6.07, 6.45) is 2.55. The van der Waals surface area contributed by atoms with E-state index < -0.39 is 42.8 Å². The molecule has 0 bridgehead atoms. The van der Waals surface area contributed by atoms with Gasteiger partial charge in [-0.15, -0.1) is 0 Å². The van der Waals surface area contributed by atoms with Gasteiger partial charge in [-0.1, -0.05) is 36.8 Å². The maximum atomic E-state index is 12.4. The van der Waals surface area contributed by atoms with Crippen molar-refractivity contribution in [3.8, 4) is 0 Å². The van der Waals surface area contributed by atoms with Gasteiger partial charge in [-0.25, -0.2) is 0 Å². The minimum Gasteiger partial charge on any atom is -0.480 e. The number of hydrogen-bond donors (Lipinski definition) is 5. The average Bonchev–Trinajstić information content (AvgIpc) is 3.21. The molecule has 5 N–H and O–H groups in total. The van der Waals surface area contributed by atoms with Crippen LogP contribution in [0.5, 0.6) is 0 Å². The van der Waals surface area contributed by atoms with E-state index in [4.69, 9.17) is 5.11 Å². The fraction of sp³-hybridized carbons (Fsp3) is 0.480. The Morgan fingerprint density at radius 3 is 2.08 bits per heavy atom. The Balaban J connectivity index is 1.65. The molecule has 1 fully saturated rings. The normalized spacial score (nSPS) is 13.5. The summed E-state index contributed by atoms with van der Waals surface area (Å²) >= 11 is 0. The molecule has 0 aliphatic carbocycles. The molecule has 1 heterocycles. The average molecular weight is 532 g/mol. The second-order valence-corrected chi connectivity index (χ2v) is 8.72. The fourth-order valence-corrected chi connectivity index (χ4v) is 3.70. The Hall–Kier alpha value is -4.29. The number of carboxylic acids is 1. The van der Waals surface area contributed by atoms with Gasteiger partial charge in [0.1, 0.15) is 12.6 Å². The largest absolute Gasteiger partial charge is 0.480 e. The van der Waals surface area contributed by atoms with E-state index in [1.807, 2.05) is 0 Å². The van der Waals surface area contributed by atoms with Gasteiger partial charge < -0.3 is 26.4 Å². The van der Waals surface area contributed by atoms with Crippen molar-refractivity contribution in [2.75, 3.05) is 26.2 Å². The SMILES string of the molecule is O=C(O)CNC(=O)[C@H](Cc1ccccc1)NC(=O)CNC(=O)CNC(=O)CCCCCN1C(=O)CCC1=O. The molecule has 0 radical (unpaired) electrons. The Labute approximate surface area is 219 Å². The molecule has 0 aromatic heterocycles. The molecule has 2 rings (SSSR count). The summed E-state index contributed by atoms with van der Waals surface area (Å²) in [5.74, 6) is -3.85. The van der Waals surface area contributed by atoms with Gasteiger partial charge in [-0.05, 0) is 18.4 Å². The lowest BCUT2D eigenvalue weighted by atomic mass is 10.1. The van der Waals surface area contributed by atoms with Crippen LogP contribution in [0.2, 0.25) is 0 Å². The monoisotopic (exact) mass is 531 g/mol. The van der Waals surface area contributed by atoms with Gasteiger partial charge in [0.2, 0.25) is 35.4 Å². The minimum absolute atomic E-state index is 0.118. The molecule has 13 nitrogen and oxygen atoms in total. The zero-order chi connectivity index (χ0) is 27.9. The lowest BCUT2D eigenvalue weighted by molar-refractivity contribution is -0.139. The number of carbonyl (C=O) groups excluding carboxylic acids is 6. The third kappa shape index (κ3) is 11.2. The highest BCUT2D eigenvalue weighted by atomic mass is 16.4. The number of unbranched alkanes of at least 4 members (excludes halogenated alkanes) is 2. The van der Waals surface area contributed by atoms with Gasteiger partial charge in [-0.3, -0.25) is 38.5 Å². The smallest absolute Gasteiger partial charge is 0.322 e. The number of benzene rings is 1. The van der Waals surface area contributed by atoms with Crippen molar-refractivity contribution in [1.29, 1.82) is 0 Å². The van der Waals surface area contributed by atoms with Crippen molar-refractivity contribution < 1.29 is 38.7 Å². The molecule has 0 spiro atoms. The number of amides is 6. The molecule has 1 aliphatic rings. The summed E-state index contributed by atoms with van der Waals surface area (Å²) in [6.45, 7) is -1.04. The molecule has 13 heteroatoms. The second kappa shape index (κ2) is 15.7. The fourth-order valence-electron chi connectivity index (χ4n) is 3.70. The van der Waals surface area contributed by atoms with Crippen LogP contribution in [0.4, 0.5) is 0 Å². The number of rotatable bonds is 16. The van der Waals surface area contributed by atoms with E-state index in [0.717, 1.165) is 5.56 Å². The van der Waals surface area contributed by atoms with Crippen LogP contribution in [0.3, 0.4) is 0 Å². The van der Waals surface area contributed by atoms with Crippen molar-refractivity contribution in [3.05, 3.63) is 35.9 Å². The van der Waals surface area contributed by atoms with Gasteiger partial charge in [0, 0.05) is 32.2 Å². The van der Waals surface area contributed by atoms with Crippen LogP contribution in [-0.4, -0.2) is 83.6 Å². The van der Waals surface area contributed by atoms with E-state index in [1.54, 1.807) is 30.3 Å². The molecule has 1 atom stereocenters. The van der Waals surface area contributed by atoms with E-state index in [-0.39, 0.29) is 49.9 Å². The van der Waals surface area contributed by atoms with Crippen LogP contribution in [-0.2, 0) is 40.0 Å². The molecule has 0 saturated carbocycles. The maximum Gasteiger partial charge on any atom is 0.322 e. The molecule has 6 amide bonds. The van der Waals surface area contributed by atoms with Gasteiger partial charge in [0.25, 0.3) is 0 Å². The molecule has 1 saturated heterocycles. The van der Waals surface area contributed by atoms with Crippen LogP contribution in [0.1, 0.15) is 44.1 Å². The van der Waals surface area contributed by atoms with Crippen molar-refractivity contribution in [3.63, 3.8) is 0 Å². The zero-order valence-corrected chi connectivity index (χ0v) is 21.0. The van der Waals surface area contributed by atoms with Gasteiger partial charge in [0.05, 0.1) is 13.1 Å². The van der Waals surface area contributed by atoms with Crippen molar-refractivity contribution >= 4 is 41.4 Å². The number of nitrogens with zero attached hydrogens (tertiary/aromatic N) is 1. The first-order chi connectivity index (χ1) is 18.2. The highest BCUT2D eigenvalue weighted by Crippen LogP contribution is 2.13. The number of carboxylic acid groups (broad SMARTS) is 1. The highest BCUT2D eigenvalue weighted by molar-refractivity contribution is 6.01. The molecule has 1 aromatic carbocycles. The summed E-state index contributed by atoms with van der Waals surface area (Å²) in [4.78, 5) is 83.7. The molecule has 1 aliphatic heterocycles. The third-order valence-corrected chi connectivity index (χ3v) is 5.68. The highest BCUT2D eigenvalue weighted by Gasteiger charge is 2.28. The van der Waals surface area contributed by atoms with Gasteiger partial charge in [-0.2, -0.15) is 0 Å². The Bertz CT molecular complexity index is 1010. The lowest BCUT2D eigenvalue weighted by Crippen LogP contribution is -2.51. The van der Waals surface area contributed by atoms with Crippen LogP contribution in [0.25, 0.3) is 0 Å². The first-order valence-corrected chi connectivity index (χ1v) is 12.3. The Morgan fingerprint density at radius 2 is 1.42 bits per heavy atom. The molecule has 1 aromatic rings. The first-order valence-electron chi connectivity index (χ1n) is 12.3. The zero-order valence-electron chi connectivity index (χ0n) is 21.0. The van der Waals surface area contributed by atoms with E-state index in [2.05, 4.69) is 21.3 Å². The van der Waals surface area contributed by atoms with Crippen LogP contribution in [0, 0.1) is 0 Å². The maximum absolute atomic E-state index is 12.4. The molecular formula is C25H33N5O8. The molecule has 0 unspecified atom stereocenters. The first kappa shape index (κ1) is 29.9. The van der Waals surface area contributed by atoms with Crippen LogP contribution >= 0.6 is 0 Å². The summed E-state index contributed by atoms with van der Waals surface area (Å²) in [7, 11) is 0. The number of hydrogen-bond acceptors (Lipinski definition) is 7. The topological polar surface area (TPSA) is 191 Å². The van der Waals surface area contributed by atoms with Gasteiger partial charge >= 0.3 is 5.97 Å². The van der Waals surface area contributed by atoms with E-state index >= 15 is 0 Å². The number of aliphatic carboxylic acids is 1. The quantitative estimate of drug-likeness (QED) is 0.130. The summed E-state index contributed by atoms with van der Waals surface area (Å²) in [5, 5.41) is 18.3. The molecule has 206 valence electrons. The number of carbonyl (C=O) groups is 7. The minimum atomic E-state index is -1.23. The number of nitrogens with one attached hydrogen (secondary N) is 4.